The van der Waals surface area contributed by atoms with Gasteiger partial charge in [-0.3, -0.25) is 4.90 Å². The van der Waals surface area contributed by atoms with E-state index in [1.54, 1.807) is 0 Å². The quantitative estimate of drug-likeness (QED) is 0.576. The Morgan fingerprint density at radius 3 is 2.73 bits per heavy atom. The minimum absolute atomic E-state index is 0.395. The third-order valence-corrected chi connectivity index (χ3v) is 2.45. The molecule has 0 atom stereocenters. The van der Waals surface area contributed by atoms with E-state index in [1.807, 2.05) is 0 Å². The largest absolute Gasteiger partial charge is 0.401 e. The zero-order chi connectivity index (χ0) is 11.3. The Hall–Kier alpha value is -0.550. The first-order valence-corrected chi connectivity index (χ1v) is 5.13. The van der Waals surface area contributed by atoms with Gasteiger partial charge in [0.1, 0.15) is 0 Å². The molecule has 0 aromatic rings. The van der Waals surface area contributed by atoms with Gasteiger partial charge in [0, 0.05) is 26.2 Å². The molecule has 0 fully saturated rings. The van der Waals surface area contributed by atoms with Crippen molar-refractivity contribution in [2.45, 2.75) is 19.5 Å². The van der Waals surface area contributed by atoms with Gasteiger partial charge < -0.3 is 5.32 Å². The number of halogens is 3. The molecule has 0 spiro atoms. The summed E-state index contributed by atoms with van der Waals surface area (Å²) in [5.74, 6) is 0. The fraction of sp³-hybridized carbons (Fsp3) is 0.800. The van der Waals surface area contributed by atoms with Crippen LogP contribution in [-0.2, 0) is 0 Å². The second-order valence-corrected chi connectivity index (χ2v) is 3.89. The van der Waals surface area contributed by atoms with Crippen molar-refractivity contribution in [1.82, 2.24) is 10.2 Å². The highest BCUT2D eigenvalue weighted by molar-refractivity contribution is 5.03. The summed E-state index contributed by atoms with van der Waals surface area (Å²) in [6.07, 6.45) is -0.940. The lowest BCUT2D eigenvalue weighted by molar-refractivity contribution is -0.124. The summed E-state index contributed by atoms with van der Waals surface area (Å²) in [5, 5.41) is 2.40. The number of hydrogen-bond acceptors (Lipinski definition) is 2. The zero-order valence-corrected chi connectivity index (χ0v) is 8.90. The SMILES string of the molecule is CC1=CCN(CCNCC(F)(F)F)CC1. The number of rotatable bonds is 4. The first-order chi connectivity index (χ1) is 6.97. The molecular formula is C10H17F3N2. The Morgan fingerprint density at radius 2 is 2.20 bits per heavy atom. The maximum atomic E-state index is 11.8. The van der Waals surface area contributed by atoms with E-state index < -0.39 is 12.7 Å². The highest BCUT2D eigenvalue weighted by Crippen LogP contribution is 2.12. The van der Waals surface area contributed by atoms with Gasteiger partial charge >= 0.3 is 6.18 Å². The molecule has 0 unspecified atom stereocenters. The number of hydrogen-bond donors (Lipinski definition) is 1. The lowest BCUT2D eigenvalue weighted by atomic mass is 10.1. The molecule has 1 N–H and O–H groups in total. The molecule has 1 aliphatic rings. The van der Waals surface area contributed by atoms with E-state index in [4.69, 9.17) is 0 Å². The van der Waals surface area contributed by atoms with Crippen molar-refractivity contribution < 1.29 is 13.2 Å². The topological polar surface area (TPSA) is 15.3 Å². The van der Waals surface area contributed by atoms with E-state index in [0.717, 1.165) is 19.5 Å². The maximum absolute atomic E-state index is 11.8. The summed E-state index contributed by atoms with van der Waals surface area (Å²) in [7, 11) is 0. The molecule has 1 aliphatic heterocycles. The molecule has 0 aliphatic carbocycles. The minimum Gasteiger partial charge on any atom is -0.307 e. The summed E-state index contributed by atoms with van der Waals surface area (Å²) in [6, 6.07) is 0. The van der Waals surface area contributed by atoms with Crippen molar-refractivity contribution >= 4 is 0 Å². The van der Waals surface area contributed by atoms with E-state index in [0.29, 0.717) is 13.1 Å². The van der Waals surface area contributed by atoms with Crippen LogP contribution in [0.4, 0.5) is 13.2 Å². The van der Waals surface area contributed by atoms with Crippen molar-refractivity contribution in [3.05, 3.63) is 11.6 Å². The first kappa shape index (κ1) is 12.5. The van der Waals surface area contributed by atoms with Gasteiger partial charge in [0.05, 0.1) is 6.54 Å². The molecular weight excluding hydrogens is 205 g/mol. The van der Waals surface area contributed by atoms with Gasteiger partial charge in [-0.05, 0) is 13.3 Å². The Labute approximate surface area is 88.1 Å². The molecule has 0 saturated heterocycles. The van der Waals surface area contributed by atoms with Crippen LogP contribution in [0.15, 0.2) is 11.6 Å². The van der Waals surface area contributed by atoms with Crippen LogP contribution in [0.3, 0.4) is 0 Å². The lowest BCUT2D eigenvalue weighted by Crippen LogP contribution is -2.38. The maximum Gasteiger partial charge on any atom is 0.401 e. The van der Waals surface area contributed by atoms with Crippen LogP contribution in [0.25, 0.3) is 0 Å². The van der Waals surface area contributed by atoms with Gasteiger partial charge in [0.2, 0.25) is 0 Å². The van der Waals surface area contributed by atoms with Crippen molar-refractivity contribution in [2.75, 3.05) is 32.7 Å². The van der Waals surface area contributed by atoms with Gasteiger partial charge in [0.15, 0.2) is 0 Å². The Morgan fingerprint density at radius 1 is 1.47 bits per heavy atom. The molecule has 0 saturated carbocycles. The Bertz CT molecular complexity index is 223. The van der Waals surface area contributed by atoms with E-state index in [-0.39, 0.29) is 0 Å². The second-order valence-electron chi connectivity index (χ2n) is 3.89. The van der Waals surface area contributed by atoms with Gasteiger partial charge in [0.25, 0.3) is 0 Å². The number of nitrogens with one attached hydrogen (secondary N) is 1. The molecule has 0 amide bonds. The number of alkyl halides is 3. The van der Waals surface area contributed by atoms with Crippen LogP contribution in [0.5, 0.6) is 0 Å². The minimum atomic E-state index is -4.10. The molecule has 1 heterocycles. The van der Waals surface area contributed by atoms with Gasteiger partial charge in [-0.2, -0.15) is 13.2 Å². The molecule has 0 radical (unpaired) electrons. The third kappa shape index (κ3) is 5.79. The van der Waals surface area contributed by atoms with Crippen molar-refractivity contribution in [3.63, 3.8) is 0 Å². The first-order valence-electron chi connectivity index (χ1n) is 5.13. The Kier molecular flexibility index (Phi) is 4.60. The van der Waals surface area contributed by atoms with E-state index in [2.05, 4.69) is 23.2 Å². The summed E-state index contributed by atoms with van der Waals surface area (Å²) in [6.45, 7) is 4.08. The van der Waals surface area contributed by atoms with Crippen LogP contribution in [-0.4, -0.2) is 43.8 Å². The highest BCUT2D eigenvalue weighted by atomic mass is 19.4. The summed E-state index contributed by atoms with van der Waals surface area (Å²) in [4.78, 5) is 2.15. The predicted octanol–water partition coefficient (Wildman–Crippen LogP) is 1.79. The number of nitrogens with zero attached hydrogens (tertiary/aromatic N) is 1. The average Bonchev–Trinajstić information content (AvgIpc) is 2.14. The van der Waals surface area contributed by atoms with Crippen LogP contribution < -0.4 is 5.32 Å². The smallest absolute Gasteiger partial charge is 0.307 e. The standard InChI is InChI=1S/C10H17F3N2/c1-9-2-5-15(6-3-9)7-4-14-8-10(11,12)13/h2,14H,3-8H2,1H3. The van der Waals surface area contributed by atoms with Crippen molar-refractivity contribution in [3.8, 4) is 0 Å². The molecule has 0 aromatic heterocycles. The molecule has 0 aromatic carbocycles. The molecule has 5 heteroatoms. The summed E-state index contributed by atoms with van der Waals surface area (Å²) >= 11 is 0. The Balaban J connectivity index is 2.06. The normalized spacial score (nSPS) is 19.1. The molecule has 15 heavy (non-hydrogen) atoms. The monoisotopic (exact) mass is 222 g/mol. The summed E-state index contributed by atoms with van der Waals surface area (Å²) in [5.41, 5.74) is 1.37. The lowest BCUT2D eigenvalue weighted by Gasteiger charge is -2.25. The van der Waals surface area contributed by atoms with Gasteiger partial charge in [-0.25, -0.2) is 0 Å². The van der Waals surface area contributed by atoms with Crippen LogP contribution >= 0.6 is 0 Å². The third-order valence-electron chi connectivity index (χ3n) is 2.45. The van der Waals surface area contributed by atoms with E-state index in [1.165, 1.54) is 5.57 Å². The fourth-order valence-electron chi connectivity index (χ4n) is 1.48. The van der Waals surface area contributed by atoms with Crippen molar-refractivity contribution in [1.29, 1.82) is 0 Å². The van der Waals surface area contributed by atoms with Crippen LogP contribution in [0, 0.1) is 0 Å². The molecule has 1 rings (SSSR count). The second kappa shape index (κ2) is 5.51. The fourth-order valence-corrected chi connectivity index (χ4v) is 1.48. The van der Waals surface area contributed by atoms with Gasteiger partial charge in [-0.1, -0.05) is 11.6 Å². The van der Waals surface area contributed by atoms with Crippen LogP contribution in [0.1, 0.15) is 13.3 Å². The van der Waals surface area contributed by atoms with Crippen molar-refractivity contribution in [2.24, 2.45) is 0 Å². The predicted molar refractivity (Wildman–Crippen MR) is 53.7 cm³/mol. The van der Waals surface area contributed by atoms with E-state index in [9.17, 15) is 13.2 Å². The van der Waals surface area contributed by atoms with Crippen LogP contribution in [0.2, 0.25) is 0 Å². The van der Waals surface area contributed by atoms with E-state index >= 15 is 0 Å². The zero-order valence-electron chi connectivity index (χ0n) is 8.90. The summed E-state index contributed by atoms with van der Waals surface area (Å²) < 4.78 is 35.4. The van der Waals surface area contributed by atoms with Gasteiger partial charge in [-0.15, -0.1) is 0 Å². The average molecular weight is 222 g/mol. The molecule has 0 bridgehead atoms. The molecule has 88 valence electrons. The molecule has 2 nitrogen and oxygen atoms in total. The highest BCUT2D eigenvalue weighted by Gasteiger charge is 2.26.